The topological polar surface area (TPSA) is 91.2 Å². The fraction of sp³-hybridized carbons (Fsp3) is 0.833. The molecule has 3 saturated carbocycles. The molecule has 0 aromatic rings. The van der Waals surface area contributed by atoms with E-state index in [1.165, 1.54) is 29.7 Å². The molecule has 5 rings (SSSR count). The number of carbonyl (C=O) groups is 2. The number of aliphatic hydroxyl groups excluding tert-OH is 1. The van der Waals surface area contributed by atoms with Crippen LogP contribution in [0.1, 0.15) is 85.0 Å². The van der Waals surface area contributed by atoms with E-state index in [2.05, 4.69) is 24.3 Å². The number of allylic oxidation sites excluding steroid dienone is 1. The van der Waals surface area contributed by atoms with Crippen LogP contribution in [-0.4, -0.2) is 66.0 Å². The zero-order chi connectivity index (χ0) is 27.1. The Morgan fingerprint density at radius 1 is 1.16 bits per heavy atom. The van der Waals surface area contributed by atoms with Crippen molar-refractivity contribution in [2.45, 2.75) is 97.1 Å². The van der Waals surface area contributed by atoms with Crippen LogP contribution in [0, 0.1) is 34.5 Å². The number of amides is 1. The Kier molecular flexibility index (Phi) is 8.03. The molecule has 38 heavy (non-hydrogen) atoms. The minimum atomic E-state index is -0.645. The number of fused-ring (bicyclic) bond motifs is 5. The summed E-state index contributed by atoms with van der Waals surface area (Å²) in [6.45, 7) is 7.19. The summed E-state index contributed by atoms with van der Waals surface area (Å²) in [6, 6.07) is -0.0802. The van der Waals surface area contributed by atoms with Crippen molar-refractivity contribution in [2.75, 3.05) is 26.3 Å². The van der Waals surface area contributed by atoms with Crippen LogP contribution in [0.2, 0.25) is 0 Å². The van der Waals surface area contributed by atoms with E-state index in [0.717, 1.165) is 37.9 Å². The highest BCUT2D eigenvalue weighted by atomic mass is 19.1. The van der Waals surface area contributed by atoms with E-state index in [1.54, 1.807) is 0 Å². The smallest absolute Gasteiger partial charge is 0.391 e. The maximum Gasteiger partial charge on any atom is 0.436 e. The monoisotopic (exact) mass is 531 g/mol. The molecule has 8 heteroatoms. The van der Waals surface area contributed by atoms with Gasteiger partial charge in [0.25, 0.3) is 0 Å². The molecule has 4 aliphatic carbocycles. The van der Waals surface area contributed by atoms with Gasteiger partial charge in [-0.2, -0.15) is 0 Å². The normalized spacial score (nSPS) is 40.7. The van der Waals surface area contributed by atoms with Gasteiger partial charge >= 0.3 is 6.09 Å². The van der Waals surface area contributed by atoms with E-state index >= 15 is 0 Å². The van der Waals surface area contributed by atoms with Gasteiger partial charge in [0.05, 0.1) is 18.4 Å². The first-order valence-electron chi connectivity index (χ1n) is 14.9. The van der Waals surface area contributed by atoms with Gasteiger partial charge in [-0.3, -0.25) is 9.63 Å². The standard InChI is InChI=1S/C30H46FN3O4/c1-19(33-38-28(37)34(17-14-31)16-11-26-27(36)10-15-32-26)23-6-7-24-22-5-4-20-18-21(35)8-12-29(20,2)25(22)9-13-30(23,24)3/h18,22-27,32,36H,4-17H2,1-3H3/b33-19+/t22-,23+,24-,25-,26?,27?,29-,30+/m0/s1. The number of nitrogens with one attached hydrogen (secondary N) is 1. The van der Waals surface area contributed by atoms with E-state index in [9.17, 15) is 19.1 Å². The third-order valence-electron chi connectivity index (χ3n) is 11.4. The molecule has 7 nitrogen and oxygen atoms in total. The minimum Gasteiger partial charge on any atom is -0.391 e. The summed E-state index contributed by atoms with van der Waals surface area (Å²) in [5.41, 5.74) is 2.56. The molecule has 0 radical (unpaired) electrons. The molecule has 1 heterocycles. The first-order chi connectivity index (χ1) is 18.2. The second-order valence-corrected chi connectivity index (χ2v) is 13.1. The molecule has 0 spiro atoms. The molecule has 1 aliphatic heterocycles. The average molecular weight is 532 g/mol. The Morgan fingerprint density at radius 3 is 2.71 bits per heavy atom. The van der Waals surface area contributed by atoms with Crippen LogP contribution in [0.15, 0.2) is 16.8 Å². The highest BCUT2D eigenvalue weighted by Gasteiger charge is 2.59. The van der Waals surface area contributed by atoms with Gasteiger partial charge in [0.1, 0.15) is 6.67 Å². The molecule has 5 aliphatic rings. The largest absolute Gasteiger partial charge is 0.436 e. The summed E-state index contributed by atoms with van der Waals surface area (Å²) in [6.07, 6.45) is 10.6. The quantitative estimate of drug-likeness (QED) is 0.273. The van der Waals surface area contributed by atoms with Gasteiger partial charge in [0.2, 0.25) is 0 Å². The van der Waals surface area contributed by atoms with Crippen LogP contribution < -0.4 is 5.32 Å². The molecular weight excluding hydrogens is 485 g/mol. The molecule has 1 amide bonds. The number of hydrogen-bond acceptors (Lipinski definition) is 6. The number of halogens is 1. The van der Waals surface area contributed by atoms with Crippen molar-refractivity contribution in [3.8, 4) is 0 Å². The van der Waals surface area contributed by atoms with Crippen LogP contribution in [0.25, 0.3) is 0 Å². The van der Waals surface area contributed by atoms with E-state index < -0.39 is 18.9 Å². The fourth-order valence-corrected chi connectivity index (χ4v) is 9.22. The van der Waals surface area contributed by atoms with Crippen molar-refractivity contribution < 1.29 is 23.9 Å². The van der Waals surface area contributed by atoms with Crippen LogP contribution in [0.5, 0.6) is 0 Å². The predicted molar refractivity (Wildman–Crippen MR) is 144 cm³/mol. The Bertz CT molecular complexity index is 985. The molecular formula is C30H46FN3O4. The highest BCUT2D eigenvalue weighted by molar-refractivity contribution is 5.91. The summed E-state index contributed by atoms with van der Waals surface area (Å²) in [5.74, 6) is 2.51. The minimum absolute atomic E-state index is 0.0384. The molecule has 4 fully saturated rings. The second kappa shape index (κ2) is 11.0. The summed E-state index contributed by atoms with van der Waals surface area (Å²) in [7, 11) is 0. The van der Waals surface area contributed by atoms with Crippen molar-refractivity contribution >= 4 is 17.6 Å². The zero-order valence-electron chi connectivity index (χ0n) is 23.4. The van der Waals surface area contributed by atoms with Gasteiger partial charge in [-0.05, 0) is 106 Å². The van der Waals surface area contributed by atoms with Crippen molar-refractivity contribution in [1.82, 2.24) is 10.2 Å². The van der Waals surface area contributed by atoms with Gasteiger partial charge in [-0.25, -0.2) is 9.18 Å². The molecule has 212 valence electrons. The number of nitrogens with zero attached hydrogens (tertiary/aromatic N) is 2. The predicted octanol–water partition coefficient (Wildman–Crippen LogP) is 5.03. The molecule has 0 bridgehead atoms. The van der Waals surface area contributed by atoms with Crippen LogP contribution >= 0.6 is 0 Å². The van der Waals surface area contributed by atoms with Crippen molar-refractivity contribution in [3.05, 3.63) is 11.6 Å². The van der Waals surface area contributed by atoms with Crippen molar-refractivity contribution in [3.63, 3.8) is 0 Å². The summed E-state index contributed by atoms with van der Waals surface area (Å²) in [4.78, 5) is 31.7. The maximum atomic E-state index is 13.2. The van der Waals surface area contributed by atoms with E-state index in [1.807, 2.05) is 13.0 Å². The molecule has 2 unspecified atom stereocenters. The lowest BCUT2D eigenvalue weighted by Gasteiger charge is -2.58. The Balaban J connectivity index is 1.23. The molecule has 0 aromatic carbocycles. The number of aliphatic hydroxyl groups is 1. The van der Waals surface area contributed by atoms with Gasteiger partial charge in [0.15, 0.2) is 5.78 Å². The van der Waals surface area contributed by atoms with Crippen LogP contribution in [-0.2, 0) is 9.63 Å². The summed E-state index contributed by atoms with van der Waals surface area (Å²) < 4.78 is 13.2. The lowest BCUT2D eigenvalue weighted by atomic mass is 9.46. The molecule has 8 atom stereocenters. The summed E-state index contributed by atoms with van der Waals surface area (Å²) in [5, 5.41) is 17.6. The van der Waals surface area contributed by atoms with Crippen molar-refractivity contribution in [1.29, 1.82) is 0 Å². The molecule has 0 aromatic heterocycles. The number of alkyl halides is 1. The van der Waals surface area contributed by atoms with E-state index in [-0.39, 0.29) is 29.3 Å². The van der Waals surface area contributed by atoms with Gasteiger partial charge in [-0.15, -0.1) is 0 Å². The number of rotatable bonds is 7. The first-order valence-corrected chi connectivity index (χ1v) is 14.9. The molecule has 1 saturated heterocycles. The maximum absolute atomic E-state index is 13.2. The van der Waals surface area contributed by atoms with Gasteiger partial charge < -0.3 is 15.3 Å². The first kappa shape index (κ1) is 27.8. The van der Waals surface area contributed by atoms with E-state index in [0.29, 0.717) is 49.3 Å². The third kappa shape index (κ3) is 4.96. The Morgan fingerprint density at radius 2 is 1.97 bits per heavy atom. The highest BCUT2D eigenvalue weighted by Crippen LogP contribution is 2.66. The SMILES string of the molecule is C/C(=N\OC(=O)N(CCF)CCC1NCCC1O)[C@H]1CC[C@H]2[C@@H]3CCC4=CC(=O)CC[C@]4(C)[C@H]3CC[C@]12C. The lowest BCUT2D eigenvalue weighted by Crippen LogP contribution is -2.51. The van der Waals surface area contributed by atoms with Crippen LogP contribution in [0.3, 0.4) is 0 Å². The number of hydrogen-bond donors (Lipinski definition) is 2. The Labute approximate surface area is 226 Å². The molecule has 2 N–H and O–H groups in total. The number of oxime groups is 1. The van der Waals surface area contributed by atoms with Gasteiger partial charge in [-0.1, -0.05) is 24.6 Å². The second-order valence-electron chi connectivity index (χ2n) is 13.1. The van der Waals surface area contributed by atoms with Crippen molar-refractivity contribution in [2.24, 2.45) is 39.7 Å². The number of carbonyl (C=O) groups excluding carboxylic acids is 2. The number of ketones is 1. The van der Waals surface area contributed by atoms with E-state index in [4.69, 9.17) is 4.84 Å². The zero-order valence-corrected chi connectivity index (χ0v) is 23.4. The van der Waals surface area contributed by atoms with Crippen LogP contribution in [0.4, 0.5) is 9.18 Å². The van der Waals surface area contributed by atoms with Gasteiger partial charge in [0, 0.05) is 24.9 Å². The third-order valence-corrected chi connectivity index (χ3v) is 11.4. The Hall–Kier alpha value is -1.80. The average Bonchev–Trinajstić information content (AvgIpc) is 3.47. The summed E-state index contributed by atoms with van der Waals surface area (Å²) >= 11 is 0. The lowest BCUT2D eigenvalue weighted by molar-refractivity contribution is -0.117. The fourth-order valence-electron chi connectivity index (χ4n) is 9.22.